The zero-order valence-corrected chi connectivity index (χ0v) is 24.5. The average molecular weight is 541 g/mol. The van der Waals surface area contributed by atoms with Crippen LogP contribution in [0.25, 0.3) is 5.69 Å². The molecule has 0 saturated carbocycles. The Kier molecular flexibility index (Phi) is 9.63. The molecular formula is C33H40N4OS. The van der Waals surface area contributed by atoms with Crippen molar-refractivity contribution >= 4 is 17.7 Å². The van der Waals surface area contributed by atoms with Crippen LogP contribution in [0.4, 0.5) is 0 Å². The second-order valence-electron chi connectivity index (χ2n) is 11.7. The molecule has 1 heterocycles. The Labute approximate surface area is 237 Å². The van der Waals surface area contributed by atoms with E-state index in [1.165, 1.54) is 11.1 Å². The van der Waals surface area contributed by atoms with Crippen molar-refractivity contribution in [3.63, 3.8) is 0 Å². The van der Waals surface area contributed by atoms with Crippen molar-refractivity contribution in [3.05, 3.63) is 107 Å². The van der Waals surface area contributed by atoms with Gasteiger partial charge in [-0.2, -0.15) is 0 Å². The lowest BCUT2D eigenvalue weighted by Gasteiger charge is -2.24. The molecule has 1 N–H and O–H groups in total. The summed E-state index contributed by atoms with van der Waals surface area (Å²) in [7, 11) is 0. The molecule has 3 aromatic carbocycles. The van der Waals surface area contributed by atoms with E-state index in [0.717, 1.165) is 34.4 Å². The molecule has 1 amide bonds. The zero-order valence-electron chi connectivity index (χ0n) is 23.7. The maximum Gasteiger partial charge on any atom is 0.220 e. The maximum absolute atomic E-state index is 13.3. The van der Waals surface area contributed by atoms with E-state index in [0.29, 0.717) is 12.8 Å². The highest BCUT2D eigenvalue weighted by Crippen LogP contribution is 2.30. The van der Waals surface area contributed by atoms with Gasteiger partial charge in [0.25, 0.3) is 0 Å². The summed E-state index contributed by atoms with van der Waals surface area (Å²) in [6.45, 7) is 10.9. The monoisotopic (exact) mass is 540 g/mol. The van der Waals surface area contributed by atoms with Gasteiger partial charge in [0.2, 0.25) is 5.91 Å². The number of benzene rings is 3. The number of aryl methyl sites for hydroxylation is 1. The Morgan fingerprint density at radius 1 is 0.897 bits per heavy atom. The smallest absolute Gasteiger partial charge is 0.220 e. The van der Waals surface area contributed by atoms with Crippen LogP contribution in [0, 0.1) is 18.3 Å². The predicted molar refractivity (Wildman–Crippen MR) is 161 cm³/mol. The minimum Gasteiger partial charge on any atom is -0.346 e. The van der Waals surface area contributed by atoms with Gasteiger partial charge in [0.05, 0.1) is 6.04 Å². The molecule has 0 fully saturated rings. The van der Waals surface area contributed by atoms with E-state index < -0.39 is 0 Å². The third kappa shape index (κ3) is 8.56. The molecule has 0 aliphatic rings. The van der Waals surface area contributed by atoms with Crippen molar-refractivity contribution in [2.45, 2.75) is 70.8 Å². The van der Waals surface area contributed by atoms with Crippen LogP contribution in [0.1, 0.15) is 69.1 Å². The van der Waals surface area contributed by atoms with Gasteiger partial charge >= 0.3 is 0 Å². The molecule has 0 bridgehead atoms. The van der Waals surface area contributed by atoms with Gasteiger partial charge in [-0.05, 0) is 54.4 Å². The van der Waals surface area contributed by atoms with Gasteiger partial charge < -0.3 is 5.32 Å². The summed E-state index contributed by atoms with van der Waals surface area (Å²) in [6, 6.07) is 28.7. The van der Waals surface area contributed by atoms with Crippen molar-refractivity contribution in [2.75, 3.05) is 0 Å². The first kappa shape index (κ1) is 28.6. The minimum absolute atomic E-state index is 0.0459. The van der Waals surface area contributed by atoms with Crippen LogP contribution in [-0.2, 0) is 17.0 Å². The summed E-state index contributed by atoms with van der Waals surface area (Å²) in [6.07, 6.45) is 2.11. The highest BCUT2D eigenvalue weighted by atomic mass is 32.2. The first-order chi connectivity index (χ1) is 18.7. The number of nitrogens with zero attached hydrogens (tertiary/aromatic N) is 3. The fourth-order valence-corrected chi connectivity index (χ4v) is 5.92. The molecule has 0 radical (unpaired) electrons. The number of aromatic nitrogens is 3. The summed E-state index contributed by atoms with van der Waals surface area (Å²) in [5.74, 6) is 1.86. The third-order valence-corrected chi connectivity index (χ3v) is 7.59. The number of amides is 1. The van der Waals surface area contributed by atoms with E-state index in [9.17, 15) is 4.79 Å². The molecule has 1 aromatic heterocycles. The maximum atomic E-state index is 13.3. The molecule has 2 atom stereocenters. The highest BCUT2D eigenvalue weighted by molar-refractivity contribution is 7.98. The van der Waals surface area contributed by atoms with Crippen LogP contribution in [0.15, 0.2) is 90.1 Å². The number of thioether (sulfide) groups is 1. The largest absolute Gasteiger partial charge is 0.346 e. The van der Waals surface area contributed by atoms with Crippen LogP contribution in [0.3, 0.4) is 0 Å². The molecule has 204 valence electrons. The SMILES string of the molecule is Cc1ccc(-n2c(SCc3ccccc3)nnc2C(Cc2ccccc2)NC(=O)CC(C)CC(C)(C)C)cc1. The minimum atomic E-state index is -0.318. The normalized spacial score (nSPS) is 13.2. The summed E-state index contributed by atoms with van der Waals surface area (Å²) in [5, 5.41) is 13.5. The van der Waals surface area contributed by atoms with E-state index in [-0.39, 0.29) is 23.3 Å². The Balaban J connectivity index is 1.67. The standard InChI is InChI=1S/C33H40N4OS/c1-24-16-18-28(19-17-24)37-31(35-36-32(37)39-23-27-14-10-7-11-15-27)29(21-26-12-8-6-9-13-26)34-30(38)20-25(2)22-33(3,4)5/h6-19,25,29H,20-23H2,1-5H3,(H,34,38). The van der Waals surface area contributed by atoms with E-state index in [2.05, 4.69) is 110 Å². The molecule has 0 aliphatic carbocycles. The molecule has 0 saturated heterocycles. The molecule has 2 unspecified atom stereocenters. The number of nitrogens with one attached hydrogen (secondary N) is 1. The van der Waals surface area contributed by atoms with Gasteiger partial charge in [-0.3, -0.25) is 9.36 Å². The zero-order chi connectivity index (χ0) is 27.8. The summed E-state index contributed by atoms with van der Waals surface area (Å²) in [5.41, 5.74) is 4.73. The third-order valence-electron chi connectivity index (χ3n) is 6.59. The van der Waals surface area contributed by atoms with Crippen molar-refractivity contribution < 1.29 is 4.79 Å². The highest BCUT2D eigenvalue weighted by Gasteiger charge is 2.26. The molecule has 6 heteroatoms. The Morgan fingerprint density at radius 2 is 1.51 bits per heavy atom. The first-order valence-corrected chi connectivity index (χ1v) is 14.7. The molecular weight excluding hydrogens is 500 g/mol. The quantitative estimate of drug-likeness (QED) is 0.198. The van der Waals surface area contributed by atoms with Crippen LogP contribution in [0.2, 0.25) is 0 Å². The number of carbonyl (C=O) groups is 1. The second kappa shape index (κ2) is 13.1. The molecule has 4 aromatic rings. The van der Waals surface area contributed by atoms with Crippen molar-refractivity contribution in [3.8, 4) is 5.69 Å². The van der Waals surface area contributed by atoms with E-state index in [4.69, 9.17) is 5.10 Å². The van der Waals surface area contributed by atoms with Gasteiger partial charge in [0.15, 0.2) is 11.0 Å². The Morgan fingerprint density at radius 3 is 2.13 bits per heavy atom. The van der Waals surface area contributed by atoms with Crippen molar-refractivity contribution in [1.82, 2.24) is 20.1 Å². The van der Waals surface area contributed by atoms with Crippen molar-refractivity contribution in [2.24, 2.45) is 11.3 Å². The predicted octanol–water partition coefficient (Wildman–Crippen LogP) is 7.73. The van der Waals surface area contributed by atoms with Crippen LogP contribution < -0.4 is 5.32 Å². The summed E-state index contributed by atoms with van der Waals surface area (Å²) in [4.78, 5) is 13.3. The molecule has 5 nitrogen and oxygen atoms in total. The number of hydrogen-bond acceptors (Lipinski definition) is 4. The Hall–Kier alpha value is -3.38. The van der Waals surface area contributed by atoms with Crippen LogP contribution in [0.5, 0.6) is 0 Å². The lowest BCUT2D eigenvalue weighted by Crippen LogP contribution is -2.33. The lowest BCUT2D eigenvalue weighted by atomic mass is 9.84. The Bertz CT molecular complexity index is 1330. The molecule has 4 rings (SSSR count). The van der Waals surface area contributed by atoms with Gasteiger partial charge in [-0.15, -0.1) is 10.2 Å². The number of carbonyl (C=O) groups excluding carboxylic acids is 1. The van der Waals surface area contributed by atoms with E-state index in [1.54, 1.807) is 11.8 Å². The summed E-state index contributed by atoms with van der Waals surface area (Å²) < 4.78 is 2.11. The van der Waals surface area contributed by atoms with Crippen LogP contribution >= 0.6 is 11.8 Å². The fourth-order valence-electron chi connectivity index (χ4n) is 5.00. The summed E-state index contributed by atoms with van der Waals surface area (Å²) >= 11 is 1.66. The van der Waals surface area contributed by atoms with E-state index in [1.807, 2.05) is 24.3 Å². The van der Waals surface area contributed by atoms with E-state index >= 15 is 0 Å². The molecule has 0 aliphatic heterocycles. The topological polar surface area (TPSA) is 59.8 Å². The van der Waals surface area contributed by atoms with Gasteiger partial charge in [-0.1, -0.05) is 118 Å². The van der Waals surface area contributed by atoms with Gasteiger partial charge in [-0.25, -0.2) is 0 Å². The number of rotatable bonds is 11. The fraction of sp³-hybridized carbons (Fsp3) is 0.364. The molecule has 0 spiro atoms. The van der Waals surface area contributed by atoms with Gasteiger partial charge in [0.1, 0.15) is 0 Å². The van der Waals surface area contributed by atoms with Gasteiger partial charge in [0, 0.05) is 17.9 Å². The molecule has 39 heavy (non-hydrogen) atoms. The average Bonchev–Trinajstić information content (AvgIpc) is 3.31. The van der Waals surface area contributed by atoms with Crippen molar-refractivity contribution in [1.29, 1.82) is 0 Å². The first-order valence-electron chi connectivity index (χ1n) is 13.7. The van der Waals surface area contributed by atoms with Crippen LogP contribution in [-0.4, -0.2) is 20.7 Å². The lowest BCUT2D eigenvalue weighted by molar-refractivity contribution is -0.122. The number of hydrogen-bond donors (Lipinski definition) is 1. The second-order valence-corrected chi connectivity index (χ2v) is 12.6.